The molecule has 1 N–H and O–H groups in total. The summed E-state index contributed by atoms with van der Waals surface area (Å²) in [6.45, 7) is 5.65. The fraction of sp³-hybridized carbons (Fsp3) is 0.120. The Bertz CT molecular complexity index is 1340. The molecule has 0 bridgehead atoms. The van der Waals surface area contributed by atoms with Crippen LogP contribution in [0.25, 0.3) is 6.08 Å². The summed E-state index contributed by atoms with van der Waals surface area (Å²) >= 11 is 0. The fourth-order valence-corrected chi connectivity index (χ4v) is 3.95. The van der Waals surface area contributed by atoms with Gasteiger partial charge in [-0.1, -0.05) is 53.6 Å². The van der Waals surface area contributed by atoms with E-state index in [0.717, 1.165) is 16.7 Å². The maximum Gasteiger partial charge on any atom is 0.339 e. The summed E-state index contributed by atoms with van der Waals surface area (Å²) < 4.78 is 30.7. The van der Waals surface area contributed by atoms with Crippen LogP contribution in [0.4, 0.5) is 5.69 Å². The maximum atomic E-state index is 12.7. The number of aryl methyl sites for hydroxylation is 3. The van der Waals surface area contributed by atoms with Crippen molar-refractivity contribution in [2.24, 2.45) is 0 Å². The highest BCUT2D eigenvalue weighted by atomic mass is 32.2. The monoisotopic (exact) mass is 446 g/mol. The number of amides is 1. The molecule has 0 fully saturated rings. The Hall–Kier alpha value is -3.89. The molecule has 7 heteroatoms. The van der Waals surface area contributed by atoms with E-state index in [4.69, 9.17) is 4.18 Å². The first-order valence-electron chi connectivity index (χ1n) is 9.80. The fourth-order valence-electron chi connectivity index (χ4n) is 2.99. The van der Waals surface area contributed by atoms with Crippen LogP contribution in [-0.2, 0) is 14.9 Å². The van der Waals surface area contributed by atoms with Crippen LogP contribution < -0.4 is 9.50 Å². The number of carbonyl (C=O) groups is 1. The third-order valence-corrected chi connectivity index (χ3v) is 5.97. The molecule has 32 heavy (non-hydrogen) atoms. The zero-order valence-electron chi connectivity index (χ0n) is 17.9. The minimum atomic E-state index is -4.09. The van der Waals surface area contributed by atoms with Gasteiger partial charge in [-0.25, -0.2) is 0 Å². The van der Waals surface area contributed by atoms with Gasteiger partial charge >= 0.3 is 10.1 Å². The van der Waals surface area contributed by atoms with Crippen molar-refractivity contribution in [3.8, 4) is 11.8 Å². The lowest BCUT2D eigenvalue weighted by Crippen LogP contribution is -2.14. The predicted molar refractivity (Wildman–Crippen MR) is 124 cm³/mol. The van der Waals surface area contributed by atoms with Crippen molar-refractivity contribution in [2.75, 3.05) is 5.32 Å². The van der Waals surface area contributed by atoms with E-state index >= 15 is 0 Å². The van der Waals surface area contributed by atoms with Gasteiger partial charge in [-0.15, -0.1) is 0 Å². The molecule has 3 aromatic rings. The van der Waals surface area contributed by atoms with Gasteiger partial charge in [0.15, 0.2) is 0 Å². The molecule has 0 saturated heterocycles. The third-order valence-electron chi connectivity index (χ3n) is 4.72. The van der Waals surface area contributed by atoms with E-state index in [1.54, 1.807) is 36.4 Å². The van der Waals surface area contributed by atoms with Crippen molar-refractivity contribution < 1.29 is 17.4 Å². The Balaban J connectivity index is 1.90. The third kappa shape index (κ3) is 5.42. The summed E-state index contributed by atoms with van der Waals surface area (Å²) in [6, 6.07) is 20.0. The van der Waals surface area contributed by atoms with E-state index in [1.165, 1.54) is 24.3 Å². The molecule has 0 radical (unpaired) electrons. The van der Waals surface area contributed by atoms with Crippen LogP contribution in [-0.4, -0.2) is 14.3 Å². The van der Waals surface area contributed by atoms with Gasteiger partial charge in [0, 0.05) is 11.3 Å². The topological polar surface area (TPSA) is 96.3 Å². The lowest BCUT2D eigenvalue weighted by molar-refractivity contribution is -0.112. The van der Waals surface area contributed by atoms with E-state index in [-0.39, 0.29) is 21.8 Å². The molecule has 0 unspecified atom stereocenters. The largest absolute Gasteiger partial charge is 0.378 e. The molecule has 3 rings (SSSR count). The molecule has 0 heterocycles. The summed E-state index contributed by atoms with van der Waals surface area (Å²) in [6.07, 6.45) is 1.30. The second-order valence-corrected chi connectivity index (χ2v) is 8.88. The Morgan fingerprint density at radius 3 is 2.28 bits per heavy atom. The molecule has 0 atom stereocenters. The number of benzene rings is 3. The molecule has 0 aliphatic rings. The summed E-state index contributed by atoms with van der Waals surface area (Å²) in [4.78, 5) is 12.7. The maximum absolute atomic E-state index is 12.7. The lowest BCUT2D eigenvalue weighted by atomic mass is 10.1. The van der Waals surface area contributed by atoms with Gasteiger partial charge in [-0.2, -0.15) is 13.7 Å². The second kappa shape index (κ2) is 9.50. The predicted octanol–water partition coefficient (Wildman–Crippen LogP) is 4.93. The number of nitrogens with zero attached hydrogens (tertiary/aromatic N) is 1. The van der Waals surface area contributed by atoms with Crippen LogP contribution in [0, 0.1) is 32.1 Å². The van der Waals surface area contributed by atoms with Crippen molar-refractivity contribution in [3.63, 3.8) is 0 Å². The van der Waals surface area contributed by atoms with Crippen LogP contribution in [0.3, 0.4) is 0 Å². The SMILES string of the molecule is Cc1ccc(S(=O)(=O)Oc2ccccc2/C=C(\C#N)C(=O)Nc2ccc(C)cc2C)cc1. The number of hydrogen-bond donors (Lipinski definition) is 1. The normalized spacial score (nSPS) is 11.5. The molecule has 6 nitrogen and oxygen atoms in total. The summed E-state index contributed by atoms with van der Waals surface area (Å²) in [5.41, 5.74) is 3.53. The molecule has 1 amide bonds. The zero-order valence-corrected chi connectivity index (χ0v) is 18.7. The summed E-state index contributed by atoms with van der Waals surface area (Å²) in [5, 5.41) is 12.3. The Labute approximate surface area is 187 Å². The average molecular weight is 447 g/mol. The first kappa shape index (κ1) is 22.8. The van der Waals surface area contributed by atoms with E-state index < -0.39 is 16.0 Å². The van der Waals surface area contributed by atoms with Crippen molar-refractivity contribution >= 4 is 27.8 Å². The van der Waals surface area contributed by atoms with E-state index in [0.29, 0.717) is 5.69 Å². The number of carbonyl (C=O) groups excluding carboxylic acids is 1. The van der Waals surface area contributed by atoms with Crippen molar-refractivity contribution in [3.05, 3.63) is 94.6 Å². The molecular weight excluding hydrogens is 424 g/mol. The number of nitriles is 1. The molecule has 3 aromatic carbocycles. The highest BCUT2D eigenvalue weighted by Crippen LogP contribution is 2.26. The Morgan fingerprint density at radius 1 is 0.969 bits per heavy atom. The van der Waals surface area contributed by atoms with Crippen LogP contribution in [0.15, 0.2) is 77.2 Å². The minimum absolute atomic E-state index is 0.00924. The van der Waals surface area contributed by atoms with Crippen molar-refractivity contribution in [2.45, 2.75) is 25.7 Å². The first-order chi connectivity index (χ1) is 15.2. The van der Waals surface area contributed by atoms with E-state index in [2.05, 4.69) is 5.32 Å². The second-order valence-electron chi connectivity index (χ2n) is 7.33. The standard InChI is InChI=1S/C25H22N2O4S/c1-17-8-11-22(12-9-17)32(29,30)31-24-7-5-4-6-20(24)15-21(16-26)25(28)27-23-13-10-18(2)14-19(23)3/h4-15H,1-3H3,(H,27,28)/b21-15+. The van der Waals surface area contributed by atoms with Crippen LogP contribution in [0.5, 0.6) is 5.75 Å². The van der Waals surface area contributed by atoms with Crippen molar-refractivity contribution in [1.29, 1.82) is 5.26 Å². The molecule has 0 aromatic heterocycles. The number of anilines is 1. The van der Waals surface area contributed by atoms with Gasteiger partial charge in [0.25, 0.3) is 5.91 Å². The van der Waals surface area contributed by atoms with Crippen molar-refractivity contribution in [1.82, 2.24) is 0 Å². The molecular formula is C25H22N2O4S. The molecule has 0 spiro atoms. The van der Waals surface area contributed by atoms with Crippen LogP contribution in [0.1, 0.15) is 22.3 Å². The average Bonchev–Trinajstić information content (AvgIpc) is 2.75. The van der Waals surface area contributed by atoms with Crippen LogP contribution >= 0.6 is 0 Å². The van der Waals surface area contributed by atoms with Gasteiger partial charge in [0.1, 0.15) is 22.3 Å². The van der Waals surface area contributed by atoms with E-state index in [1.807, 2.05) is 39.0 Å². The number of rotatable bonds is 6. The number of para-hydroxylation sites is 1. The minimum Gasteiger partial charge on any atom is -0.378 e. The van der Waals surface area contributed by atoms with Gasteiger partial charge in [-0.3, -0.25) is 4.79 Å². The number of nitrogens with one attached hydrogen (secondary N) is 1. The molecule has 0 saturated carbocycles. The number of hydrogen-bond acceptors (Lipinski definition) is 5. The van der Waals surface area contributed by atoms with Gasteiger partial charge in [0.05, 0.1) is 0 Å². The lowest BCUT2D eigenvalue weighted by Gasteiger charge is -2.11. The zero-order chi connectivity index (χ0) is 23.3. The quantitative estimate of drug-likeness (QED) is 0.329. The highest BCUT2D eigenvalue weighted by molar-refractivity contribution is 7.87. The van der Waals surface area contributed by atoms with E-state index in [9.17, 15) is 18.5 Å². The highest BCUT2D eigenvalue weighted by Gasteiger charge is 2.19. The van der Waals surface area contributed by atoms with Crippen LogP contribution in [0.2, 0.25) is 0 Å². The summed E-state index contributed by atoms with van der Waals surface area (Å²) in [5.74, 6) is -0.587. The molecule has 0 aliphatic heterocycles. The summed E-state index contributed by atoms with van der Waals surface area (Å²) in [7, 11) is -4.09. The molecule has 0 aliphatic carbocycles. The van der Waals surface area contributed by atoms with Gasteiger partial charge in [-0.05, 0) is 56.7 Å². The first-order valence-corrected chi connectivity index (χ1v) is 11.2. The van der Waals surface area contributed by atoms with Gasteiger partial charge < -0.3 is 9.50 Å². The smallest absolute Gasteiger partial charge is 0.339 e. The Kier molecular flexibility index (Phi) is 6.76. The molecule has 162 valence electrons. The van der Waals surface area contributed by atoms with Gasteiger partial charge in [0.2, 0.25) is 0 Å². The Morgan fingerprint density at radius 2 is 1.62 bits per heavy atom.